The van der Waals surface area contributed by atoms with Gasteiger partial charge in [-0.15, -0.1) is 0 Å². The van der Waals surface area contributed by atoms with Gasteiger partial charge in [-0.1, -0.05) is 0 Å². The van der Waals surface area contributed by atoms with Gasteiger partial charge in [0.15, 0.2) is 5.85 Å². The maximum absolute atomic E-state index is 9.13. The third kappa shape index (κ3) is 3.44. The maximum Gasteiger partial charge on any atom is 0.196 e. The molecule has 0 radical (unpaired) electrons. The number of hydrogen-bond acceptors (Lipinski definition) is 8. The summed E-state index contributed by atoms with van der Waals surface area (Å²) in [5.41, 5.74) is 9.65. The molecule has 0 fully saturated rings. The lowest BCUT2D eigenvalue weighted by Gasteiger charge is -2.31. The molecule has 86 valence electrons. The van der Waals surface area contributed by atoms with Gasteiger partial charge in [-0.2, -0.15) is 0 Å². The summed E-state index contributed by atoms with van der Waals surface area (Å²) in [5.74, 6) is -2.60. The Morgan fingerprint density at radius 2 is 1.43 bits per heavy atom. The van der Waals surface area contributed by atoms with E-state index in [-0.39, 0.29) is 0 Å². The van der Waals surface area contributed by atoms with E-state index in [4.69, 9.17) is 42.1 Å². The van der Waals surface area contributed by atoms with Crippen molar-refractivity contribution >= 4 is 0 Å². The molecule has 8 heteroatoms. The first-order valence-corrected chi connectivity index (χ1v) is 3.85. The largest absolute Gasteiger partial charge is 0.394 e. The molecule has 10 N–H and O–H groups in total. The SMILES string of the molecule is NC(N)(O)[C@@H](O)[C@H](O)[C@@H](O)[C@H](O)CO. The molecule has 0 saturated heterocycles. The lowest BCUT2D eigenvalue weighted by molar-refractivity contribution is -0.169. The van der Waals surface area contributed by atoms with Crippen LogP contribution in [0.15, 0.2) is 0 Å². The van der Waals surface area contributed by atoms with Crippen molar-refractivity contribution in [1.82, 2.24) is 0 Å². The molecule has 0 heterocycles. The smallest absolute Gasteiger partial charge is 0.196 e. The molecule has 0 bridgehead atoms. The van der Waals surface area contributed by atoms with E-state index in [0.717, 1.165) is 0 Å². The highest BCUT2D eigenvalue weighted by molar-refractivity contribution is 4.87. The molecule has 0 saturated carbocycles. The molecule has 0 aromatic rings. The Balaban J connectivity index is 4.38. The molecule has 0 spiro atoms. The first-order valence-electron chi connectivity index (χ1n) is 3.85. The van der Waals surface area contributed by atoms with Gasteiger partial charge in [0.25, 0.3) is 0 Å². The fourth-order valence-electron chi connectivity index (χ4n) is 0.796. The van der Waals surface area contributed by atoms with Crippen molar-refractivity contribution in [3.63, 3.8) is 0 Å². The van der Waals surface area contributed by atoms with E-state index in [1.54, 1.807) is 0 Å². The van der Waals surface area contributed by atoms with Crippen molar-refractivity contribution in [3.05, 3.63) is 0 Å². The summed E-state index contributed by atoms with van der Waals surface area (Å²) >= 11 is 0. The van der Waals surface area contributed by atoms with Gasteiger partial charge in [0.2, 0.25) is 0 Å². The third-order valence-corrected chi connectivity index (χ3v) is 1.73. The van der Waals surface area contributed by atoms with Gasteiger partial charge in [-0.3, -0.25) is 11.5 Å². The van der Waals surface area contributed by atoms with Crippen LogP contribution in [-0.4, -0.2) is 67.5 Å². The first kappa shape index (κ1) is 13.7. The lowest BCUT2D eigenvalue weighted by atomic mass is 10.0. The van der Waals surface area contributed by atoms with Gasteiger partial charge < -0.3 is 30.6 Å². The molecule has 0 aromatic carbocycles. The number of rotatable bonds is 5. The Bertz CT molecular complexity index is 172. The second-order valence-corrected chi connectivity index (χ2v) is 3.06. The Morgan fingerprint density at radius 3 is 1.71 bits per heavy atom. The fourth-order valence-corrected chi connectivity index (χ4v) is 0.796. The molecule has 4 atom stereocenters. The Morgan fingerprint density at radius 1 is 1.00 bits per heavy atom. The Kier molecular flexibility index (Phi) is 4.84. The molecular formula is C6H16N2O6. The van der Waals surface area contributed by atoms with Crippen LogP contribution in [0.1, 0.15) is 0 Å². The lowest BCUT2D eigenvalue weighted by Crippen LogP contribution is -2.65. The number of aliphatic hydroxyl groups is 6. The second kappa shape index (κ2) is 4.96. The zero-order chi connectivity index (χ0) is 11.5. The standard InChI is InChI=1S/C6H16N2O6/c7-6(8,14)5(13)4(12)3(11)2(10)1-9/h2-5,9-14H,1,7-8H2/t2-,3+,4-,5+/m1/s1. The summed E-state index contributed by atoms with van der Waals surface area (Å²) in [7, 11) is 0. The summed E-state index contributed by atoms with van der Waals surface area (Å²) in [6.45, 7) is -0.821. The molecule has 8 nitrogen and oxygen atoms in total. The van der Waals surface area contributed by atoms with Crippen LogP contribution < -0.4 is 11.5 Å². The van der Waals surface area contributed by atoms with Gasteiger partial charge in [0.1, 0.15) is 24.4 Å². The highest BCUT2D eigenvalue weighted by atomic mass is 16.4. The van der Waals surface area contributed by atoms with Crippen LogP contribution in [0, 0.1) is 0 Å². The van der Waals surface area contributed by atoms with E-state index >= 15 is 0 Å². The predicted molar refractivity (Wildman–Crippen MR) is 44.4 cm³/mol. The van der Waals surface area contributed by atoms with E-state index < -0.39 is 36.9 Å². The van der Waals surface area contributed by atoms with Gasteiger partial charge >= 0.3 is 0 Å². The molecule has 0 amide bonds. The van der Waals surface area contributed by atoms with Crippen LogP contribution in [-0.2, 0) is 0 Å². The van der Waals surface area contributed by atoms with E-state index in [1.165, 1.54) is 0 Å². The quantitative estimate of drug-likeness (QED) is 0.209. The zero-order valence-corrected chi connectivity index (χ0v) is 7.35. The minimum atomic E-state index is -2.60. The van der Waals surface area contributed by atoms with Gasteiger partial charge in [0, 0.05) is 0 Å². The minimum absolute atomic E-state index is 0.821. The maximum atomic E-state index is 9.13. The summed E-state index contributed by atoms with van der Waals surface area (Å²) in [4.78, 5) is 0. The van der Waals surface area contributed by atoms with Crippen LogP contribution in [0.2, 0.25) is 0 Å². The molecule has 0 rings (SSSR count). The molecule has 0 aliphatic heterocycles. The van der Waals surface area contributed by atoms with Crippen LogP contribution in [0.5, 0.6) is 0 Å². The van der Waals surface area contributed by atoms with Gasteiger partial charge in [-0.25, -0.2) is 0 Å². The molecule has 0 aliphatic rings. The first-order chi connectivity index (χ1) is 6.21. The monoisotopic (exact) mass is 212 g/mol. The molecule has 0 aliphatic carbocycles. The van der Waals surface area contributed by atoms with E-state index in [1.807, 2.05) is 0 Å². The van der Waals surface area contributed by atoms with Crippen LogP contribution in [0.3, 0.4) is 0 Å². The topological polar surface area (TPSA) is 173 Å². The zero-order valence-electron chi connectivity index (χ0n) is 7.35. The van der Waals surface area contributed by atoms with Crippen molar-refractivity contribution in [2.75, 3.05) is 6.61 Å². The van der Waals surface area contributed by atoms with Crippen molar-refractivity contribution in [2.45, 2.75) is 30.3 Å². The fraction of sp³-hybridized carbons (Fsp3) is 1.00. The normalized spacial score (nSPS) is 21.4. The highest BCUT2D eigenvalue weighted by Crippen LogP contribution is 2.09. The van der Waals surface area contributed by atoms with E-state index in [0.29, 0.717) is 0 Å². The number of hydrogen-bond donors (Lipinski definition) is 8. The van der Waals surface area contributed by atoms with E-state index in [2.05, 4.69) is 0 Å². The molecule has 0 unspecified atom stereocenters. The highest BCUT2D eigenvalue weighted by Gasteiger charge is 2.39. The molecular weight excluding hydrogens is 196 g/mol. The Hall–Kier alpha value is -0.320. The van der Waals surface area contributed by atoms with Gasteiger partial charge in [-0.05, 0) is 0 Å². The molecule has 14 heavy (non-hydrogen) atoms. The Labute approximate surface area is 80.0 Å². The number of aliphatic hydroxyl groups excluding tert-OH is 5. The van der Waals surface area contributed by atoms with Crippen LogP contribution in [0.4, 0.5) is 0 Å². The van der Waals surface area contributed by atoms with Crippen LogP contribution in [0.25, 0.3) is 0 Å². The second-order valence-electron chi connectivity index (χ2n) is 3.06. The van der Waals surface area contributed by atoms with Crippen molar-refractivity contribution < 1.29 is 30.6 Å². The van der Waals surface area contributed by atoms with E-state index in [9.17, 15) is 0 Å². The van der Waals surface area contributed by atoms with Crippen molar-refractivity contribution in [3.8, 4) is 0 Å². The molecule has 0 aromatic heterocycles. The average Bonchev–Trinajstić information content (AvgIpc) is 2.11. The van der Waals surface area contributed by atoms with Crippen molar-refractivity contribution in [1.29, 1.82) is 0 Å². The summed E-state index contributed by atoms with van der Waals surface area (Å²) in [6, 6.07) is 0. The van der Waals surface area contributed by atoms with Gasteiger partial charge in [0.05, 0.1) is 6.61 Å². The third-order valence-electron chi connectivity index (χ3n) is 1.73. The number of nitrogens with two attached hydrogens (primary N) is 2. The summed E-state index contributed by atoms with van der Waals surface area (Å²) in [6.07, 6.45) is -7.56. The average molecular weight is 212 g/mol. The minimum Gasteiger partial charge on any atom is -0.394 e. The van der Waals surface area contributed by atoms with Crippen molar-refractivity contribution in [2.24, 2.45) is 11.5 Å². The predicted octanol–water partition coefficient (Wildman–Crippen LogP) is -5.01. The summed E-state index contributed by atoms with van der Waals surface area (Å²) < 4.78 is 0. The van der Waals surface area contributed by atoms with Crippen LogP contribution >= 0.6 is 0 Å². The summed E-state index contributed by atoms with van der Waals surface area (Å²) in [5, 5.41) is 53.4.